The summed E-state index contributed by atoms with van der Waals surface area (Å²) in [6.45, 7) is 6.16. The number of aliphatic hydroxyl groups is 1. The Labute approximate surface area is 97.8 Å². The lowest BCUT2D eigenvalue weighted by molar-refractivity contribution is 0.112. The fourth-order valence-corrected chi connectivity index (χ4v) is 2.48. The summed E-state index contributed by atoms with van der Waals surface area (Å²) < 4.78 is 0. The highest BCUT2D eigenvalue weighted by Gasteiger charge is 2.25. The first-order chi connectivity index (χ1) is 7.68. The number of rotatable bonds is 2. The summed E-state index contributed by atoms with van der Waals surface area (Å²) in [5.41, 5.74) is 3.48. The van der Waals surface area contributed by atoms with Crippen LogP contribution in [-0.2, 0) is 0 Å². The van der Waals surface area contributed by atoms with E-state index in [-0.39, 0.29) is 12.0 Å². The zero-order valence-corrected chi connectivity index (χ0v) is 9.95. The van der Waals surface area contributed by atoms with Gasteiger partial charge in [0, 0.05) is 5.92 Å². The van der Waals surface area contributed by atoms with Crippen LogP contribution in [0.1, 0.15) is 42.9 Å². The molecule has 2 atom stereocenters. The van der Waals surface area contributed by atoms with Crippen molar-refractivity contribution in [3.8, 4) is 0 Å². The van der Waals surface area contributed by atoms with Crippen molar-refractivity contribution in [2.24, 2.45) is 5.92 Å². The molecular weight excluding hydrogens is 196 g/mol. The van der Waals surface area contributed by atoms with Gasteiger partial charge in [0.1, 0.15) is 0 Å². The first-order valence-corrected chi connectivity index (χ1v) is 6.11. The molecule has 1 aromatic rings. The van der Waals surface area contributed by atoms with Crippen molar-refractivity contribution in [1.29, 1.82) is 0 Å². The quantitative estimate of drug-likeness (QED) is 0.746. The van der Waals surface area contributed by atoms with Crippen LogP contribution in [0.25, 0.3) is 0 Å². The molecule has 0 heterocycles. The second kappa shape index (κ2) is 4.84. The van der Waals surface area contributed by atoms with Crippen molar-refractivity contribution in [2.75, 3.05) is 0 Å². The Balaban J connectivity index is 2.14. The fourth-order valence-electron chi connectivity index (χ4n) is 2.48. The van der Waals surface area contributed by atoms with Crippen molar-refractivity contribution in [3.63, 3.8) is 0 Å². The molecule has 0 aromatic heterocycles. The summed E-state index contributed by atoms with van der Waals surface area (Å²) in [4.78, 5) is 0. The van der Waals surface area contributed by atoms with Crippen molar-refractivity contribution >= 4 is 0 Å². The molecule has 0 bridgehead atoms. The second-order valence-corrected chi connectivity index (χ2v) is 4.87. The molecule has 1 saturated carbocycles. The molecule has 0 saturated heterocycles. The molecule has 86 valence electrons. The molecule has 0 amide bonds. The molecule has 2 rings (SSSR count). The van der Waals surface area contributed by atoms with Crippen molar-refractivity contribution < 1.29 is 5.11 Å². The largest absolute Gasteiger partial charge is 0.388 e. The minimum absolute atomic E-state index is 0.261. The predicted molar refractivity (Wildman–Crippen MR) is 67.2 cm³/mol. The summed E-state index contributed by atoms with van der Waals surface area (Å²) in [5.74, 6) is 0.261. The number of benzene rings is 1. The molecule has 1 aliphatic carbocycles. The highest BCUT2D eigenvalue weighted by molar-refractivity contribution is 5.25. The molecule has 1 aromatic carbocycles. The smallest absolute Gasteiger partial charge is 0.0855 e. The maximum Gasteiger partial charge on any atom is 0.0855 e. The highest BCUT2D eigenvalue weighted by atomic mass is 16.3. The summed E-state index contributed by atoms with van der Waals surface area (Å²) in [5, 5.41) is 10.3. The Morgan fingerprint density at radius 2 is 1.94 bits per heavy atom. The van der Waals surface area contributed by atoms with Crippen LogP contribution in [0, 0.1) is 12.8 Å². The summed E-state index contributed by atoms with van der Waals surface area (Å²) in [7, 11) is 0. The maximum absolute atomic E-state index is 10.3. The van der Waals surface area contributed by atoms with Crippen LogP contribution >= 0.6 is 0 Å². The van der Waals surface area contributed by atoms with E-state index in [0.717, 1.165) is 18.4 Å². The second-order valence-electron chi connectivity index (χ2n) is 4.87. The number of hydrogen-bond donors (Lipinski definition) is 1. The van der Waals surface area contributed by atoms with Gasteiger partial charge < -0.3 is 5.11 Å². The van der Waals surface area contributed by atoms with Crippen LogP contribution < -0.4 is 0 Å². The molecule has 0 radical (unpaired) electrons. The Kier molecular flexibility index (Phi) is 3.45. The molecule has 1 N–H and O–H groups in total. The summed E-state index contributed by atoms with van der Waals surface area (Å²) >= 11 is 0. The van der Waals surface area contributed by atoms with Gasteiger partial charge in [-0.15, -0.1) is 0 Å². The van der Waals surface area contributed by atoms with E-state index in [1.54, 1.807) is 0 Å². The van der Waals surface area contributed by atoms with Gasteiger partial charge in [0.05, 0.1) is 6.10 Å². The van der Waals surface area contributed by atoms with Gasteiger partial charge in [0.25, 0.3) is 0 Å². The van der Waals surface area contributed by atoms with E-state index in [9.17, 15) is 5.11 Å². The monoisotopic (exact) mass is 216 g/mol. The normalized spacial score (nSPS) is 23.1. The van der Waals surface area contributed by atoms with Gasteiger partial charge in [0.2, 0.25) is 0 Å². The molecule has 0 spiro atoms. The molecule has 1 fully saturated rings. The van der Waals surface area contributed by atoms with Gasteiger partial charge in [-0.3, -0.25) is 0 Å². The van der Waals surface area contributed by atoms with Gasteiger partial charge in [-0.25, -0.2) is 0 Å². The van der Waals surface area contributed by atoms with Crippen LogP contribution in [0.15, 0.2) is 36.4 Å². The van der Waals surface area contributed by atoms with Crippen molar-refractivity contribution in [3.05, 3.63) is 47.5 Å². The number of aliphatic hydroxyl groups excluding tert-OH is 1. The molecule has 1 heteroatoms. The lowest BCUT2D eigenvalue weighted by Crippen LogP contribution is -2.18. The van der Waals surface area contributed by atoms with Crippen LogP contribution in [0.2, 0.25) is 0 Å². The number of hydrogen-bond acceptors (Lipinski definition) is 1. The minimum atomic E-state index is -0.367. The minimum Gasteiger partial charge on any atom is -0.388 e. The Morgan fingerprint density at radius 3 is 2.56 bits per heavy atom. The Morgan fingerprint density at radius 1 is 1.25 bits per heavy atom. The number of aryl methyl sites for hydroxylation is 1. The van der Waals surface area contributed by atoms with Gasteiger partial charge >= 0.3 is 0 Å². The zero-order chi connectivity index (χ0) is 11.5. The molecule has 0 aliphatic heterocycles. The topological polar surface area (TPSA) is 20.2 Å². The van der Waals surface area contributed by atoms with E-state index in [4.69, 9.17) is 0 Å². The first-order valence-electron chi connectivity index (χ1n) is 6.11. The zero-order valence-electron chi connectivity index (χ0n) is 9.95. The first kappa shape index (κ1) is 11.4. The van der Waals surface area contributed by atoms with E-state index in [0.29, 0.717) is 0 Å². The molecule has 1 nitrogen and oxygen atoms in total. The predicted octanol–water partition coefficient (Wildman–Crippen LogP) is 3.77. The Hall–Kier alpha value is -1.08. The average Bonchev–Trinajstić information content (AvgIpc) is 2.30. The lowest BCUT2D eigenvalue weighted by atomic mass is 9.79. The van der Waals surface area contributed by atoms with Crippen LogP contribution in [0.4, 0.5) is 0 Å². The van der Waals surface area contributed by atoms with Gasteiger partial charge in [-0.05, 0) is 31.7 Å². The third-order valence-electron chi connectivity index (χ3n) is 3.59. The summed E-state index contributed by atoms with van der Waals surface area (Å²) in [6.07, 6.45) is 4.23. The van der Waals surface area contributed by atoms with Gasteiger partial charge in [-0.2, -0.15) is 0 Å². The van der Waals surface area contributed by atoms with E-state index >= 15 is 0 Å². The average molecular weight is 216 g/mol. The molecule has 0 unspecified atom stereocenters. The van der Waals surface area contributed by atoms with Crippen molar-refractivity contribution in [1.82, 2.24) is 0 Å². The van der Waals surface area contributed by atoms with Crippen LogP contribution in [0.3, 0.4) is 0 Å². The SMILES string of the molecule is C=C1CCCC[C@H]1[C@H](O)c1ccc(C)cc1. The fraction of sp³-hybridized carbons (Fsp3) is 0.467. The van der Waals surface area contributed by atoms with E-state index < -0.39 is 0 Å². The van der Waals surface area contributed by atoms with Gasteiger partial charge in [0.15, 0.2) is 0 Å². The van der Waals surface area contributed by atoms with Gasteiger partial charge in [-0.1, -0.05) is 48.4 Å². The van der Waals surface area contributed by atoms with Crippen molar-refractivity contribution in [2.45, 2.75) is 38.7 Å². The third kappa shape index (κ3) is 2.35. The highest BCUT2D eigenvalue weighted by Crippen LogP contribution is 2.37. The van der Waals surface area contributed by atoms with E-state index in [1.165, 1.54) is 24.0 Å². The molecule has 1 aliphatic rings. The van der Waals surface area contributed by atoms with E-state index in [1.807, 2.05) is 12.1 Å². The third-order valence-corrected chi connectivity index (χ3v) is 3.59. The van der Waals surface area contributed by atoms with Crippen LogP contribution in [0.5, 0.6) is 0 Å². The Bertz CT molecular complexity index is 364. The lowest BCUT2D eigenvalue weighted by Gasteiger charge is -2.29. The molecule has 16 heavy (non-hydrogen) atoms. The standard InChI is InChI=1S/C15H20O/c1-11-7-9-13(10-8-11)15(16)14-6-4-3-5-12(14)2/h7-10,14-16H,2-6H2,1H3/t14-,15-/m1/s1. The molecular formula is C15H20O. The van der Waals surface area contributed by atoms with Crippen LogP contribution in [-0.4, -0.2) is 5.11 Å². The maximum atomic E-state index is 10.3. The summed E-state index contributed by atoms with van der Waals surface area (Å²) in [6, 6.07) is 8.18. The van der Waals surface area contributed by atoms with E-state index in [2.05, 4.69) is 25.6 Å².